The fourth-order valence-corrected chi connectivity index (χ4v) is 7.18. The Kier molecular flexibility index (Phi) is 9.55. The number of benzene rings is 4. The summed E-state index contributed by atoms with van der Waals surface area (Å²) in [7, 11) is 3.26. The molecule has 1 unspecified atom stereocenters. The number of carbonyl (C=O) groups is 1. The SMILES string of the molecule is C=CCN(C[C@@H]1CC(c2ccccc2)(c2ccccc2)CC[C@@]1(O)c1ccccc1OC)C(=O)C(C)c1ccccc1OC. The van der Waals surface area contributed by atoms with E-state index in [1.54, 1.807) is 20.3 Å². The third-order valence-corrected chi connectivity index (χ3v) is 9.51. The Balaban J connectivity index is 1.61. The zero-order valence-electron chi connectivity index (χ0n) is 26.0. The Bertz CT molecular complexity index is 1510. The van der Waals surface area contributed by atoms with Gasteiger partial charge in [-0.25, -0.2) is 0 Å². The van der Waals surface area contributed by atoms with Crippen LogP contribution in [0.2, 0.25) is 0 Å². The molecule has 44 heavy (non-hydrogen) atoms. The van der Waals surface area contributed by atoms with E-state index in [0.717, 1.165) is 17.5 Å². The van der Waals surface area contributed by atoms with Gasteiger partial charge in [-0.05, 0) is 49.4 Å². The van der Waals surface area contributed by atoms with Crippen LogP contribution in [-0.2, 0) is 15.8 Å². The molecule has 5 rings (SSSR count). The number of amides is 1. The lowest BCUT2D eigenvalue weighted by Crippen LogP contribution is -2.52. The van der Waals surface area contributed by atoms with Gasteiger partial charge in [-0.1, -0.05) is 103 Å². The molecular weight excluding hydrogens is 546 g/mol. The van der Waals surface area contributed by atoms with Gasteiger partial charge in [0.05, 0.1) is 25.7 Å². The van der Waals surface area contributed by atoms with Crippen molar-refractivity contribution in [3.05, 3.63) is 144 Å². The number of methoxy groups -OCH3 is 2. The molecule has 0 heterocycles. The summed E-state index contributed by atoms with van der Waals surface area (Å²) < 4.78 is 11.4. The third-order valence-electron chi connectivity index (χ3n) is 9.51. The number of hydrogen-bond acceptors (Lipinski definition) is 4. The highest BCUT2D eigenvalue weighted by Crippen LogP contribution is 2.55. The van der Waals surface area contributed by atoms with Crippen LogP contribution in [0.3, 0.4) is 0 Å². The van der Waals surface area contributed by atoms with Crippen molar-refractivity contribution in [3.8, 4) is 11.5 Å². The summed E-state index contributed by atoms with van der Waals surface area (Å²) in [5.74, 6) is 0.536. The molecular formula is C39H43NO4. The zero-order valence-corrected chi connectivity index (χ0v) is 26.0. The highest BCUT2D eigenvalue weighted by Gasteiger charge is 2.52. The molecule has 0 aromatic heterocycles. The maximum Gasteiger partial charge on any atom is 0.230 e. The summed E-state index contributed by atoms with van der Waals surface area (Å²) in [6.07, 6.45) is 3.64. The van der Waals surface area contributed by atoms with E-state index < -0.39 is 11.5 Å². The smallest absolute Gasteiger partial charge is 0.230 e. The van der Waals surface area contributed by atoms with Crippen molar-refractivity contribution < 1.29 is 19.4 Å². The topological polar surface area (TPSA) is 59.0 Å². The number of hydrogen-bond donors (Lipinski definition) is 1. The Morgan fingerprint density at radius 2 is 1.41 bits per heavy atom. The normalized spacial score (nSPS) is 19.9. The second-order valence-electron chi connectivity index (χ2n) is 11.8. The highest BCUT2D eigenvalue weighted by molar-refractivity contribution is 5.84. The van der Waals surface area contributed by atoms with Gasteiger partial charge in [0, 0.05) is 35.5 Å². The minimum absolute atomic E-state index is 0.0348. The van der Waals surface area contributed by atoms with Crippen LogP contribution in [0.1, 0.15) is 54.4 Å². The van der Waals surface area contributed by atoms with Crippen molar-refractivity contribution in [2.45, 2.75) is 43.1 Å². The van der Waals surface area contributed by atoms with Gasteiger partial charge in [-0.2, -0.15) is 0 Å². The Morgan fingerprint density at radius 1 is 0.864 bits per heavy atom. The monoisotopic (exact) mass is 589 g/mol. The number of ether oxygens (including phenoxy) is 2. The Morgan fingerprint density at radius 3 is 2.00 bits per heavy atom. The molecule has 1 aliphatic rings. The van der Waals surface area contributed by atoms with Gasteiger partial charge in [0.2, 0.25) is 5.91 Å². The van der Waals surface area contributed by atoms with Crippen LogP contribution in [0, 0.1) is 5.92 Å². The van der Waals surface area contributed by atoms with Crippen LogP contribution in [-0.4, -0.2) is 43.2 Å². The second-order valence-corrected chi connectivity index (χ2v) is 11.8. The average molecular weight is 590 g/mol. The molecule has 0 radical (unpaired) electrons. The van der Waals surface area contributed by atoms with E-state index >= 15 is 0 Å². The molecule has 4 aromatic rings. The zero-order chi connectivity index (χ0) is 31.2. The van der Waals surface area contributed by atoms with Crippen molar-refractivity contribution in [1.82, 2.24) is 4.90 Å². The van der Waals surface area contributed by atoms with E-state index in [1.165, 1.54) is 11.1 Å². The lowest BCUT2D eigenvalue weighted by atomic mass is 9.56. The van der Waals surface area contributed by atoms with Crippen LogP contribution < -0.4 is 9.47 Å². The quantitative estimate of drug-likeness (QED) is 0.184. The van der Waals surface area contributed by atoms with Gasteiger partial charge in [0.25, 0.3) is 0 Å². The van der Waals surface area contributed by atoms with Gasteiger partial charge >= 0.3 is 0 Å². The number of para-hydroxylation sites is 2. The molecule has 1 fully saturated rings. The molecule has 1 amide bonds. The summed E-state index contributed by atoms with van der Waals surface area (Å²) in [6.45, 7) is 6.61. The van der Waals surface area contributed by atoms with Crippen LogP contribution in [0.15, 0.2) is 122 Å². The van der Waals surface area contributed by atoms with Gasteiger partial charge < -0.3 is 19.5 Å². The van der Waals surface area contributed by atoms with Gasteiger partial charge in [-0.15, -0.1) is 6.58 Å². The lowest BCUT2D eigenvalue weighted by Gasteiger charge is -2.51. The van der Waals surface area contributed by atoms with Crippen molar-refractivity contribution in [2.75, 3.05) is 27.3 Å². The first-order valence-corrected chi connectivity index (χ1v) is 15.4. The molecule has 1 aliphatic carbocycles. The minimum atomic E-state index is -1.23. The summed E-state index contributed by atoms with van der Waals surface area (Å²) in [5.41, 5.74) is 2.43. The largest absolute Gasteiger partial charge is 0.496 e. The molecule has 1 saturated carbocycles. The van der Waals surface area contributed by atoms with E-state index in [1.807, 2.05) is 72.5 Å². The van der Waals surface area contributed by atoms with E-state index in [4.69, 9.17) is 9.47 Å². The van der Waals surface area contributed by atoms with Crippen LogP contribution in [0.25, 0.3) is 0 Å². The Labute approximate surface area is 261 Å². The number of aliphatic hydroxyl groups is 1. The third kappa shape index (κ3) is 5.89. The Hall–Kier alpha value is -4.35. The first-order valence-electron chi connectivity index (χ1n) is 15.4. The minimum Gasteiger partial charge on any atom is -0.496 e. The molecule has 5 nitrogen and oxygen atoms in total. The average Bonchev–Trinajstić information content (AvgIpc) is 3.09. The number of carbonyl (C=O) groups excluding carboxylic acids is 1. The molecule has 0 aliphatic heterocycles. The fraction of sp³-hybridized carbons (Fsp3) is 0.308. The molecule has 0 saturated heterocycles. The standard InChI is InChI=1S/C39H43NO4/c1-5-26-40(37(41)29(2)33-20-12-14-22-35(33)43-3)28-32-27-38(30-16-8-6-9-17-30,31-18-10-7-11-19-31)24-25-39(32,42)34-21-13-15-23-36(34)44-4/h5-23,29,32,42H,1,24-28H2,2-4H3/t29?,32-,39-/m0/s1. The molecule has 1 N–H and O–H groups in total. The summed E-state index contributed by atoms with van der Waals surface area (Å²) in [4.78, 5) is 16.1. The van der Waals surface area contributed by atoms with Crippen molar-refractivity contribution in [2.24, 2.45) is 5.92 Å². The number of nitrogens with zero attached hydrogens (tertiary/aromatic N) is 1. The molecule has 4 aromatic carbocycles. The highest BCUT2D eigenvalue weighted by atomic mass is 16.5. The summed E-state index contributed by atoms with van der Waals surface area (Å²) >= 11 is 0. The van der Waals surface area contributed by atoms with E-state index in [0.29, 0.717) is 37.4 Å². The maximum atomic E-state index is 14.3. The molecule has 228 valence electrons. The summed E-state index contributed by atoms with van der Waals surface area (Å²) in [6, 6.07) is 36.5. The molecule has 0 spiro atoms. The fourth-order valence-electron chi connectivity index (χ4n) is 7.18. The first kappa shape index (κ1) is 31.1. The van der Waals surface area contributed by atoms with E-state index in [2.05, 4.69) is 55.1 Å². The van der Waals surface area contributed by atoms with E-state index in [9.17, 15) is 9.90 Å². The van der Waals surface area contributed by atoms with Crippen molar-refractivity contribution >= 4 is 5.91 Å². The van der Waals surface area contributed by atoms with Crippen LogP contribution in [0.5, 0.6) is 11.5 Å². The molecule has 5 heteroatoms. The predicted octanol–water partition coefficient (Wildman–Crippen LogP) is 7.50. The maximum absolute atomic E-state index is 14.3. The van der Waals surface area contributed by atoms with E-state index in [-0.39, 0.29) is 17.2 Å². The van der Waals surface area contributed by atoms with Gasteiger partial charge in [-0.3, -0.25) is 4.79 Å². The first-order chi connectivity index (χ1) is 21.4. The number of rotatable bonds is 11. The van der Waals surface area contributed by atoms with Crippen LogP contribution in [0.4, 0.5) is 0 Å². The summed E-state index contributed by atoms with van der Waals surface area (Å²) in [5, 5.41) is 12.8. The van der Waals surface area contributed by atoms with Crippen molar-refractivity contribution in [1.29, 1.82) is 0 Å². The van der Waals surface area contributed by atoms with Gasteiger partial charge in [0.1, 0.15) is 11.5 Å². The van der Waals surface area contributed by atoms with Crippen molar-refractivity contribution in [3.63, 3.8) is 0 Å². The van der Waals surface area contributed by atoms with Crippen LogP contribution >= 0.6 is 0 Å². The molecule has 3 atom stereocenters. The lowest BCUT2D eigenvalue weighted by molar-refractivity contribution is -0.136. The van der Waals surface area contributed by atoms with Gasteiger partial charge in [0.15, 0.2) is 0 Å². The predicted molar refractivity (Wildman–Crippen MR) is 176 cm³/mol. The molecule has 0 bridgehead atoms. The second kappa shape index (κ2) is 13.5.